The summed E-state index contributed by atoms with van der Waals surface area (Å²) < 4.78 is 0. The van der Waals surface area contributed by atoms with E-state index in [4.69, 9.17) is 11.6 Å². The second-order valence-electron chi connectivity index (χ2n) is 6.80. The van der Waals surface area contributed by atoms with Gasteiger partial charge < -0.3 is 15.5 Å². The van der Waals surface area contributed by atoms with Crippen molar-refractivity contribution in [2.45, 2.75) is 26.3 Å². The van der Waals surface area contributed by atoms with Crippen molar-refractivity contribution < 1.29 is 4.79 Å². The largest absolute Gasteiger partial charge is 0.357 e. The molecule has 1 amide bonds. The molecule has 0 bridgehead atoms. The van der Waals surface area contributed by atoms with Crippen LogP contribution in [0.4, 0.5) is 0 Å². The summed E-state index contributed by atoms with van der Waals surface area (Å²) >= 11 is 6.30. The Balaban J connectivity index is 0.00000420. The van der Waals surface area contributed by atoms with Gasteiger partial charge in [0.1, 0.15) is 0 Å². The van der Waals surface area contributed by atoms with Crippen LogP contribution in [0.25, 0.3) is 0 Å². The maximum Gasteiger partial charge on any atom is 0.253 e. The molecule has 0 aliphatic rings. The maximum absolute atomic E-state index is 12.1. The number of amides is 1. The first-order chi connectivity index (χ1) is 13.4. The standard InChI is InChI=1S/C22H29ClN4O.HI/c1-5-24-22(26-16(2)19-11-6-7-12-20(19)23)25-14-13-17-9-8-10-18(15-17)21(28)27(3)4;/h6-12,15-16H,5,13-14H2,1-4H3,(H2,24,25,26);1H. The van der Waals surface area contributed by atoms with Gasteiger partial charge in [-0.15, -0.1) is 24.0 Å². The SMILES string of the molecule is CCNC(=NCCc1cccc(C(=O)N(C)C)c1)NC(C)c1ccccc1Cl.I. The summed E-state index contributed by atoms with van der Waals surface area (Å²) in [4.78, 5) is 18.4. The smallest absolute Gasteiger partial charge is 0.253 e. The number of aliphatic imine (C=N–C) groups is 1. The Hall–Kier alpha value is -1.80. The molecule has 0 spiro atoms. The molecule has 0 fully saturated rings. The van der Waals surface area contributed by atoms with E-state index in [0.29, 0.717) is 12.1 Å². The van der Waals surface area contributed by atoms with Crippen LogP contribution in [0.2, 0.25) is 5.02 Å². The van der Waals surface area contributed by atoms with Gasteiger partial charge >= 0.3 is 0 Å². The Morgan fingerprint density at radius 2 is 1.90 bits per heavy atom. The molecule has 0 saturated carbocycles. The first-order valence-corrected chi connectivity index (χ1v) is 9.90. The molecule has 2 rings (SSSR count). The number of benzene rings is 2. The third-order valence-electron chi connectivity index (χ3n) is 4.32. The van der Waals surface area contributed by atoms with Crippen molar-refractivity contribution >= 4 is 47.4 Å². The van der Waals surface area contributed by atoms with E-state index in [1.807, 2.05) is 55.5 Å². The number of carbonyl (C=O) groups excluding carboxylic acids is 1. The minimum Gasteiger partial charge on any atom is -0.357 e. The molecule has 7 heteroatoms. The number of hydrogen-bond acceptors (Lipinski definition) is 2. The average Bonchev–Trinajstić information content (AvgIpc) is 2.68. The number of rotatable bonds is 7. The molecule has 0 aliphatic heterocycles. The summed E-state index contributed by atoms with van der Waals surface area (Å²) in [6.45, 7) is 5.48. The first-order valence-electron chi connectivity index (χ1n) is 9.52. The Morgan fingerprint density at radius 1 is 1.17 bits per heavy atom. The molecule has 0 radical (unpaired) electrons. The fourth-order valence-electron chi connectivity index (χ4n) is 2.84. The molecule has 2 aromatic carbocycles. The zero-order valence-corrected chi connectivity index (χ0v) is 20.5. The molecule has 0 aromatic heterocycles. The van der Waals surface area contributed by atoms with Gasteiger partial charge in [-0.05, 0) is 49.6 Å². The molecule has 158 valence electrons. The summed E-state index contributed by atoms with van der Waals surface area (Å²) in [6, 6.07) is 15.5. The molecule has 1 unspecified atom stereocenters. The monoisotopic (exact) mass is 528 g/mol. The lowest BCUT2D eigenvalue weighted by molar-refractivity contribution is 0.0827. The van der Waals surface area contributed by atoms with Crippen molar-refractivity contribution in [2.75, 3.05) is 27.2 Å². The van der Waals surface area contributed by atoms with Gasteiger partial charge in [0.15, 0.2) is 5.96 Å². The van der Waals surface area contributed by atoms with E-state index in [1.54, 1.807) is 19.0 Å². The number of guanidine groups is 1. The topological polar surface area (TPSA) is 56.7 Å². The van der Waals surface area contributed by atoms with Crippen LogP contribution in [0, 0.1) is 0 Å². The molecular weight excluding hydrogens is 499 g/mol. The molecule has 29 heavy (non-hydrogen) atoms. The second kappa shape index (κ2) is 12.7. The Bertz CT molecular complexity index is 826. The van der Waals surface area contributed by atoms with Gasteiger partial charge in [-0.25, -0.2) is 0 Å². The van der Waals surface area contributed by atoms with Crippen LogP contribution in [0.3, 0.4) is 0 Å². The van der Waals surface area contributed by atoms with E-state index < -0.39 is 0 Å². The van der Waals surface area contributed by atoms with Crippen LogP contribution >= 0.6 is 35.6 Å². The van der Waals surface area contributed by atoms with Crippen LogP contribution in [-0.4, -0.2) is 44.0 Å². The highest BCUT2D eigenvalue weighted by Gasteiger charge is 2.11. The van der Waals surface area contributed by atoms with Gasteiger partial charge in [0.05, 0.1) is 6.04 Å². The normalized spacial score (nSPS) is 12.0. The van der Waals surface area contributed by atoms with Gasteiger partial charge in [-0.1, -0.05) is 41.9 Å². The number of nitrogens with one attached hydrogen (secondary N) is 2. The predicted octanol–water partition coefficient (Wildman–Crippen LogP) is 4.52. The molecular formula is C22H30ClIN4O. The van der Waals surface area contributed by atoms with Crippen molar-refractivity contribution in [1.29, 1.82) is 0 Å². The number of carbonyl (C=O) groups is 1. The van der Waals surface area contributed by atoms with Crippen molar-refractivity contribution in [3.63, 3.8) is 0 Å². The highest BCUT2D eigenvalue weighted by Crippen LogP contribution is 2.21. The fraction of sp³-hybridized carbons (Fsp3) is 0.364. The molecule has 0 heterocycles. The van der Waals surface area contributed by atoms with Crippen LogP contribution in [0.1, 0.15) is 41.4 Å². The van der Waals surface area contributed by atoms with Crippen LogP contribution in [0.5, 0.6) is 0 Å². The van der Waals surface area contributed by atoms with Crippen LogP contribution < -0.4 is 10.6 Å². The minimum atomic E-state index is 0. The molecule has 1 atom stereocenters. The summed E-state index contributed by atoms with van der Waals surface area (Å²) in [6.07, 6.45) is 0.756. The van der Waals surface area contributed by atoms with E-state index in [0.717, 1.165) is 35.1 Å². The Kier molecular flexibility index (Phi) is 11.0. The first kappa shape index (κ1) is 25.2. The third kappa shape index (κ3) is 7.85. The quantitative estimate of drug-likeness (QED) is 0.316. The van der Waals surface area contributed by atoms with E-state index in [-0.39, 0.29) is 35.9 Å². The third-order valence-corrected chi connectivity index (χ3v) is 4.66. The average molecular weight is 529 g/mol. The number of halogens is 2. The lowest BCUT2D eigenvalue weighted by Gasteiger charge is -2.19. The maximum atomic E-state index is 12.1. The van der Waals surface area contributed by atoms with Gasteiger partial charge in [-0.3, -0.25) is 9.79 Å². The predicted molar refractivity (Wildman–Crippen MR) is 133 cm³/mol. The molecule has 0 aliphatic carbocycles. The van der Waals surface area contributed by atoms with Crippen LogP contribution in [-0.2, 0) is 6.42 Å². The number of nitrogens with zero attached hydrogens (tertiary/aromatic N) is 2. The van der Waals surface area contributed by atoms with Crippen molar-refractivity contribution in [3.8, 4) is 0 Å². The molecule has 2 N–H and O–H groups in total. The Morgan fingerprint density at radius 3 is 2.55 bits per heavy atom. The minimum absolute atomic E-state index is 0. The molecule has 5 nitrogen and oxygen atoms in total. The van der Waals surface area contributed by atoms with E-state index in [2.05, 4.69) is 22.5 Å². The fourth-order valence-corrected chi connectivity index (χ4v) is 3.14. The molecule has 2 aromatic rings. The zero-order chi connectivity index (χ0) is 20.5. The van der Waals surface area contributed by atoms with Crippen molar-refractivity contribution in [3.05, 3.63) is 70.2 Å². The highest BCUT2D eigenvalue weighted by molar-refractivity contribution is 14.0. The Labute approximate surface area is 196 Å². The van der Waals surface area contributed by atoms with E-state index in [1.165, 1.54) is 0 Å². The summed E-state index contributed by atoms with van der Waals surface area (Å²) in [5.74, 6) is 0.754. The summed E-state index contributed by atoms with van der Waals surface area (Å²) in [5.41, 5.74) is 2.82. The second-order valence-corrected chi connectivity index (χ2v) is 7.21. The summed E-state index contributed by atoms with van der Waals surface area (Å²) in [7, 11) is 3.52. The van der Waals surface area contributed by atoms with E-state index >= 15 is 0 Å². The van der Waals surface area contributed by atoms with Gasteiger partial charge in [0.25, 0.3) is 5.91 Å². The van der Waals surface area contributed by atoms with Gasteiger partial charge in [0.2, 0.25) is 0 Å². The van der Waals surface area contributed by atoms with Crippen molar-refractivity contribution in [1.82, 2.24) is 15.5 Å². The number of hydrogen-bond donors (Lipinski definition) is 2. The summed E-state index contributed by atoms with van der Waals surface area (Å²) in [5, 5.41) is 7.40. The molecule has 0 saturated heterocycles. The lowest BCUT2D eigenvalue weighted by atomic mass is 10.1. The van der Waals surface area contributed by atoms with Crippen molar-refractivity contribution in [2.24, 2.45) is 4.99 Å². The van der Waals surface area contributed by atoms with E-state index in [9.17, 15) is 4.79 Å². The highest BCUT2D eigenvalue weighted by atomic mass is 127. The zero-order valence-electron chi connectivity index (χ0n) is 17.4. The van der Waals surface area contributed by atoms with Gasteiger partial charge in [-0.2, -0.15) is 0 Å². The van der Waals surface area contributed by atoms with Gasteiger partial charge in [0, 0.05) is 37.8 Å². The van der Waals surface area contributed by atoms with Crippen LogP contribution in [0.15, 0.2) is 53.5 Å². The lowest BCUT2D eigenvalue weighted by Crippen LogP contribution is -2.39.